The van der Waals surface area contributed by atoms with E-state index in [4.69, 9.17) is 5.73 Å². The molecule has 23 heavy (non-hydrogen) atoms. The molecule has 2 aromatic rings. The molecule has 5 nitrogen and oxygen atoms in total. The number of amides is 2. The Kier molecular flexibility index (Phi) is 6.61. The molecule has 0 radical (unpaired) electrons. The van der Waals surface area contributed by atoms with Crippen molar-refractivity contribution in [2.45, 2.75) is 30.5 Å². The third-order valence-corrected chi connectivity index (χ3v) is 5.14. The van der Waals surface area contributed by atoms with Gasteiger partial charge >= 0.3 is 0 Å². The molecule has 0 unspecified atom stereocenters. The second kappa shape index (κ2) is 8.69. The number of nitrogens with one attached hydrogen (secondary N) is 1. The molecule has 2 amide bonds. The van der Waals surface area contributed by atoms with Gasteiger partial charge in [-0.05, 0) is 6.42 Å². The van der Waals surface area contributed by atoms with Crippen LogP contribution >= 0.6 is 23.1 Å². The Hall–Kier alpha value is -1.86. The molecule has 0 fully saturated rings. The van der Waals surface area contributed by atoms with Gasteiger partial charge in [0.15, 0.2) is 4.34 Å². The van der Waals surface area contributed by atoms with E-state index in [-0.39, 0.29) is 17.6 Å². The van der Waals surface area contributed by atoms with Gasteiger partial charge in [-0.15, -0.1) is 0 Å². The monoisotopic (exact) mass is 349 g/mol. The van der Waals surface area contributed by atoms with E-state index >= 15 is 0 Å². The highest BCUT2D eigenvalue weighted by molar-refractivity contribution is 8.01. The topological polar surface area (TPSA) is 85.1 Å². The summed E-state index contributed by atoms with van der Waals surface area (Å²) in [6.07, 6.45) is 2.32. The molecule has 3 N–H and O–H groups in total. The number of hydrogen-bond acceptors (Lipinski definition) is 5. The Morgan fingerprint density at radius 2 is 2.04 bits per heavy atom. The largest absolute Gasteiger partial charge is 0.369 e. The van der Waals surface area contributed by atoms with Gasteiger partial charge in [-0.3, -0.25) is 9.59 Å². The van der Waals surface area contributed by atoms with Crippen molar-refractivity contribution in [3.63, 3.8) is 0 Å². The maximum Gasteiger partial charge on any atom is 0.227 e. The molecule has 1 aromatic heterocycles. The summed E-state index contributed by atoms with van der Waals surface area (Å²) in [5, 5.41) is 3.65. The Morgan fingerprint density at radius 3 is 2.70 bits per heavy atom. The minimum atomic E-state index is -0.389. The molecular formula is C16H19N3O2S2. The van der Waals surface area contributed by atoms with E-state index in [1.165, 1.54) is 23.1 Å². The van der Waals surface area contributed by atoms with Crippen molar-refractivity contribution in [1.29, 1.82) is 0 Å². The number of carbonyl (C=O) groups is 2. The lowest BCUT2D eigenvalue weighted by Gasteiger charge is -2.04. The number of primary amides is 1. The zero-order valence-corrected chi connectivity index (χ0v) is 14.5. The molecule has 0 saturated carbocycles. The number of rotatable bonds is 8. The van der Waals surface area contributed by atoms with Gasteiger partial charge < -0.3 is 11.1 Å². The second-order valence-corrected chi connectivity index (χ2v) is 7.15. The molecule has 0 aliphatic rings. The standard InChI is InChI=1S/C16H19N3O2S2/c1-2-3-9-13(21)18-15-14(11-7-5-4-6-8-11)19-16(23-15)22-10-12(17)20/h4-8H,2-3,9-10H2,1H3,(H2,17,20)(H,18,21). The average molecular weight is 349 g/mol. The number of nitrogens with two attached hydrogens (primary N) is 1. The zero-order chi connectivity index (χ0) is 16.7. The van der Waals surface area contributed by atoms with Crippen LogP contribution in [0.4, 0.5) is 5.00 Å². The number of thioether (sulfide) groups is 1. The minimum absolute atomic E-state index is 0.0147. The fourth-order valence-electron chi connectivity index (χ4n) is 1.90. The quantitative estimate of drug-likeness (QED) is 0.714. The highest BCUT2D eigenvalue weighted by atomic mass is 32.2. The van der Waals surface area contributed by atoms with Crippen LogP contribution in [0.1, 0.15) is 26.2 Å². The van der Waals surface area contributed by atoms with Gasteiger partial charge in [0, 0.05) is 12.0 Å². The van der Waals surface area contributed by atoms with E-state index in [0.29, 0.717) is 15.8 Å². The third kappa shape index (κ3) is 5.37. The number of carbonyl (C=O) groups excluding carboxylic acids is 2. The molecule has 1 heterocycles. The predicted molar refractivity (Wildman–Crippen MR) is 95.6 cm³/mol. The molecule has 0 aliphatic heterocycles. The van der Waals surface area contributed by atoms with Crippen LogP contribution in [0.2, 0.25) is 0 Å². The molecule has 0 saturated heterocycles. The van der Waals surface area contributed by atoms with Gasteiger partial charge in [-0.25, -0.2) is 4.98 Å². The Labute approximate surface area is 143 Å². The van der Waals surface area contributed by atoms with Crippen LogP contribution in [-0.4, -0.2) is 22.6 Å². The molecular weight excluding hydrogens is 330 g/mol. The zero-order valence-electron chi connectivity index (χ0n) is 12.9. The van der Waals surface area contributed by atoms with Crippen LogP contribution in [0.3, 0.4) is 0 Å². The first-order chi connectivity index (χ1) is 11.1. The first-order valence-electron chi connectivity index (χ1n) is 7.37. The van der Waals surface area contributed by atoms with Crippen molar-refractivity contribution >= 4 is 39.9 Å². The molecule has 122 valence electrons. The first kappa shape index (κ1) is 17.5. The lowest BCUT2D eigenvalue weighted by Crippen LogP contribution is -2.12. The van der Waals surface area contributed by atoms with E-state index < -0.39 is 0 Å². The summed E-state index contributed by atoms with van der Waals surface area (Å²) in [4.78, 5) is 27.5. The van der Waals surface area contributed by atoms with Crippen molar-refractivity contribution in [2.24, 2.45) is 5.73 Å². The fourth-order valence-corrected chi connectivity index (χ4v) is 3.72. The number of anilines is 1. The maximum absolute atomic E-state index is 12.0. The van der Waals surface area contributed by atoms with Crippen LogP contribution in [0.5, 0.6) is 0 Å². The van der Waals surface area contributed by atoms with Gasteiger partial charge in [-0.1, -0.05) is 66.8 Å². The van der Waals surface area contributed by atoms with Gasteiger partial charge in [-0.2, -0.15) is 0 Å². The van der Waals surface area contributed by atoms with Crippen LogP contribution in [-0.2, 0) is 9.59 Å². The van der Waals surface area contributed by atoms with Crippen molar-refractivity contribution in [3.8, 4) is 11.3 Å². The van der Waals surface area contributed by atoms with Gasteiger partial charge in [0.25, 0.3) is 0 Å². The van der Waals surface area contributed by atoms with Crippen LogP contribution < -0.4 is 11.1 Å². The smallest absolute Gasteiger partial charge is 0.227 e. The van der Waals surface area contributed by atoms with Crippen LogP contribution in [0, 0.1) is 0 Å². The van der Waals surface area contributed by atoms with Gasteiger partial charge in [0.2, 0.25) is 11.8 Å². The van der Waals surface area contributed by atoms with Crippen molar-refractivity contribution in [2.75, 3.05) is 11.1 Å². The fraction of sp³-hybridized carbons (Fsp3) is 0.312. The number of benzene rings is 1. The molecule has 0 bridgehead atoms. The van der Waals surface area contributed by atoms with Crippen molar-refractivity contribution < 1.29 is 9.59 Å². The summed E-state index contributed by atoms with van der Waals surface area (Å²) in [5.41, 5.74) is 6.84. The molecule has 0 aliphatic carbocycles. The number of aromatic nitrogens is 1. The highest BCUT2D eigenvalue weighted by Crippen LogP contribution is 2.37. The molecule has 7 heteroatoms. The summed E-state index contributed by atoms with van der Waals surface area (Å²) in [6, 6.07) is 9.66. The normalized spacial score (nSPS) is 10.5. The lowest BCUT2D eigenvalue weighted by molar-refractivity contribution is -0.116. The van der Waals surface area contributed by atoms with E-state index in [1.54, 1.807) is 0 Å². The first-order valence-corrected chi connectivity index (χ1v) is 9.17. The van der Waals surface area contributed by atoms with Gasteiger partial charge in [0.05, 0.1) is 5.75 Å². The molecule has 2 rings (SSSR count). The molecule has 1 aromatic carbocycles. The summed E-state index contributed by atoms with van der Waals surface area (Å²) >= 11 is 2.65. The predicted octanol–water partition coefficient (Wildman–Crippen LogP) is 3.52. The highest BCUT2D eigenvalue weighted by Gasteiger charge is 2.16. The summed E-state index contributed by atoms with van der Waals surface area (Å²) in [5.74, 6) is -0.232. The summed E-state index contributed by atoms with van der Waals surface area (Å²) in [7, 11) is 0. The number of hydrogen-bond donors (Lipinski definition) is 2. The minimum Gasteiger partial charge on any atom is -0.369 e. The SMILES string of the molecule is CCCCC(=O)Nc1sc(SCC(N)=O)nc1-c1ccccc1. The number of nitrogens with zero attached hydrogens (tertiary/aromatic N) is 1. The van der Waals surface area contributed by atoms with E-state index in [9.17, 15) is 9.59 Å². The summed E-state index contributed by atoms with van der Waals surface area (Å²) < 4.78 is 0.716. The van der Waals surface area contributed by atoms with Gasteiger partial charge in [0.1, 0.15) is 10.7 Å². The number of thiazole rings is 1. The van der Waals surface area contributed by atoms with Crippen LogP contribution in [0.15, 0.2) is 34.7 Å². The van der Waals surface area contributed by atoms with Crippen LogP contribution in [0.25, 0.3) is 11.3 Å². The third-order valence-electron chi connectivity index (χ3n) is 3.00. The Bertz CT molecular complexity index is 671. The second-order valence-electron chi connectivity index (χ2n) is 4.93. The Morgan fingerprint density at radius 1 is 1.30 bits per heavy atom. The molecule has 0 atom stereocenters. The maximum atomic E-state index is 12.0. The average Bonchev–Trinajstić information content (AvgIpc) is 2.94. The number of unbranched alkanes of at least 4 members (excludes halogenated alkanes) is 1. The van der Waals surface area contributed by atoms with E-state index in [0.717, 1.165) is 24.1 Å². The Balaban J connectivity index is 2.23. The lowest BCUT2D eigenvalue weighted by atomic mass is 10.1. The van der Waals surface area contributed by atoms with E-state index in [1.807, 2.05) is 37.3 Å². The van der Waals surface area contributed by atoms with Crippen molar-refractivity contribution in [3.05, 3.63) is 30.3 Å². The van der Waals surface area contributed by atoms with Crippen molar-refractivity contribution in [1.82, 2.24) is 4.98 Å². The summed E-state index contributed by atoms with van der Waals surface area (Å²) in [6.45, 7) is 2.05. The van der Waals surface area contributed by atoms with E-state index in [2.05, 4.69) is 10.3 Å². The molecule has 0 spiro atoms.